The van der Waals surface area contributed by atoms with Crippen LogP contribution in [0, 0.1) is 11.3 Å². The van der Waals surface area contributed by atoms with Gasteiger partial charge < -0.3 is 15.4 Å². The molecule has 0 heterocycles. The van der Waals surface area contributed by atoms with Crippen LogP contribution in [0.1, 0.15) is 5.56 Å². The van der Waals surface area contributed by atoms with Crippen molar-refractivity contribution in [2.75, 3.05) is 10.6 Å². The van der Waals surface area contributed by atoms with Crippen molar-refractivity contribution in [2.45, 2.75) is 0 Å². The van der Waals surface area contributed by atoms with Gasteiger partial charge in [-0.15, -0.1) is 0 Å². The van der Waals surface area contributed by atoms with Gasteiger partial charge in [-0.25, -0.2) is 0 Å². The minimum absolute atomic E-state index is 0.279. The highest BCUT2D eigenvalue weighted by Gasteiger charge is 2.15. The Kier molecular flexibility index (Phi) is 5.45. The molecule has 3 aromatic rings. The number of nitrogens with zero attached hydrogens (tertiary/aromatic N) is 1. The predicted molar refractivity (Wildman–Crippen MR) is 101 cm³/mol. The van der Waals surface area contributed by atoms with Crippen LogP contribution in [-0.4, -0.2) is 11.8 Å². The molecule has 0 fully saturated rings. The number of para-hydroxylation sites is 2. The molecule has 3 aromatic carbocycles. The van der Waals surface area contributed by atoms with E-state index < -0.39 is 11.8 Å². The Balaban J connectivity index is 1.60. The fourth-order valence-electron chi connectivity index (χ4n) is 2.29. The summed E-state index contributed by atoms with van der Waals surface area (Å²) in [5, 5.41) is 14.0. The van der Waals surface area contributed by atoms with Gasteiger partial charge in [-0.05, 0) is 48.5 Å². The second kappa shape index (κ2) is 8.32. The van der Waals surface area contributed by atoms with Crippen molar-refractivity contribution in [3.05, 3.63) is 84.4 Å². The van der Waals surface area contributed by atoms with Crippen molar-refractivity contribution in [3.8, 4) is 17.6 Å². The number of nitrogens with one attached hydrogen (secondary N) is 2. The van der Waals surface area contributed by atoms with Crippen molar-refractivity contribution in [1.29, 1.82) is 5.26 Å². The van der Waals surface area contributed by atoms with Crippen molar-refractivity contribution >= 4 is 23.2 Å². The molecule has 0 radical (unpaired) electrons. The standard InChI is InChI=1S/C21H15N3O3/c22-14-15-6-4-5-9-19(15)24-21(26)20(25)23-16-10-12-18(13-11-16)27-17-7-2-1-3-8-17/h1-13H,(H,23,25)(H,24,26). The summed E-state index contributed by atoms with van der Waals surface area (Å²) in [5.41, 5.74) is 1.01. The molecule has 3 rings (SSSR count). The molecule has 2 N–H and O–H groups in total. The van der Waals surface area contributed by atoms with E-state index in [1.165, 1.54) is 0 Å². The van der Waals surface area contributed by atoms with E-state index in [2.05, 4.69) is 10.6 Å². The number of rotatable bonds is 4. The van der Waals surface area contributed by atoms with Crippen LogP contribution >= 0.6 is 0 Å². The Morgan fingerprint density at radius 2 is 1.33 bits per heavy atom. The van der Waals surface area contributed by atoms with Gasteiger partial charge in [0.2, 0.25) is 0 Å². The van der Waals surface area contributed by atoms with Gasteiger partial charge in [0, 0.05) is 5.69 Å². The molecular weight excluding hydrogens is 342 g/mol. The van der Waals surface area contributed by atoms with Crippen molar-refractivity contribution in [1.82, 2.24) is 0 Å². The Morgan fingerprint density at radius 1 is 0.741 bits per heavy atom. The van der Waals surface area contributed by atoms with Crippen molar-refractivity contribution in [3.63, 3.8) is 0 Å². The van der Waals surface area contributed by atoms with E-state index in [4.69, 9.17) is 10.00 Å². The lowest BCUT2D eigenvalue weighted by molar-refractivity contribution is -0.133. The Bertz CT molecular complexity index is 993. The predicted octanol–water partition coefficient (Wildman–Crippen LogP) is 3.93. The lowest BCUT2D eigenvalue weighted by Gasteiger charge is -2.09. The van der Waals surface area contributed by atoms with E-state index in [0.29, 0.717) is 17.2 Å². The summed E-state index contributed by atoms with van der Waals surface area (Å²) in [7, 11) is 0. The SMILES string of the molecule is N#Cc1ccccc1NC(=O)C(=O)Nc1ccc(Oc2ccccc2)cc1. The number of ether oxygens (including phenoxy) is 1. The normalized spacial score (nSPS) is 9.74. The van der Waals surface area contributed by atoms with Crippen LogP contribution in [0.5, 0.6) is 11.5 Å². The molecule has 0 bridgehead atoms. The maximum absolute atomic E-state index is 12.1. The minimum atomic E-state index is -0.859. The Labute approximate surface area is 156 Å². The van der Waals surface area contributed by atoms with Gasteiger partial charge in [0.25, 0.3) is 0 Å². The highest BCUT2D eigenvalue weighted by atomic mass is 16.5. The van der Waals surface area contributed by atoms with Crippen LogP contribution in [0.25, 0.3) is 0 Å². The van der Waals surface area contributed by atoms with E-state index in [-0.39, 0.29) is 11.3 Å². The number of carbonyl (C=O) groups excluding carboxylic acids is 2. The number of nitriles is 1. The molecule has 0 aliphatic heterocycles. The highest BCUT2D eigenvalue weighted by Crippen LogP contribution is 2.22. The number of hydrogen-bond donors (Lipinski definition) is 2. The number of carbonyl (C=O) groups is 2. The molecule has 0 unspecified atom stereocenters. The number of hydrogen-bond acceptors (Lipinski definition) is 4. The van der Waals surface area contributed by atoms with Gasteiger partial charge in [-0.3, -0.25) is 9.59 Å². The summed E-state index contributed by atoms with van der Waals surface area (Å²) in [6.45, 7) is 0. The number of benzene rings is 3. The summed E-state index contributed by atoms with van der Waals surface area (Å²) in [6.07, 6.45) is 0. The molecule has 27 heavy (non-hydrogen) atoms. The van der Waals surface area contributed by atoms with Crippen LogP contribution in [0.15, 0.2) is 78.9 Å². The summed E-state index contributed by atoms with van der Waals surface area (Å²) in [5.74, 6) is -0.391. The first-order chi connectivity index (χ1) is 13.2. The van der Waals surface area contributed by atoms with Crippen molar-refractivity contribution < 1.29 is 14.3 Å². The van der Waals surface area contributed by atoms with Crippen LogP contribution in [0.4, 0.5) is 11.4 Å². The van der Waals surface area contributed by atoms with Gasteiger partial charge >= 0.3 is 11.8 Å². The van der Waals surface area contributed by atoms with Crippen LogP contribution in [-0.2, 0) is 9.59 Å². The zero-order valence-electron chi connectivity index (χ0n) is 14.2. The average Bonchev–Trinajstić information content (AvgIpc) is 2.70. The number of amides is 2. The van der Waals surface area contributed by atoms with E-state index in [9.17, 15) is 9.59 Å². The molecule has 6 heteroatoms. The third kappa shape index (κ3) is 4.71. The molecule has 0 atom stereocenters. The molecule has 6 nitrogen and oxygen atoms in total. The molecule has 0 spiro atoms. The Hall–Kier alpha value is -4.11. The fourth-order valence-corrected chi connectivity index (χ4v) is 2.29. The van der Waals surface area contributed by atoms with Gasteiger partial charge in [0.15, 0.2) is 0 Å². The molecule has 0 saturated carbocycles. The molecule has 0 aromatic heterocycles. The second-order valence-corrected chi connectivity index (χ2v) is 5.51. The third-order valence-electron chi connectivity index (χ3n) is 3.59. The second-order valence-electron chi connectivity index (χ2n) is 5.51. The quantitative estimate of drug-likeness (QED) is 0.692. The van der Waals surface area contributed by atoms with Crippen LogP contribution in [0.2, 0.25) is 0 Å². The Morgan fingerprint density at radius 3 is 2.04 bits per heavy atom. The zero-order valence-corrected chi connectivity index (χ0v) is 14.2. The highest BCUT2D eigenvalue weighted by molar-refractivity contribution is 6.43. The van der Waals surface area contributed by atoms with Crippen molar-refractivity contribution in [2.24, 2.45) is 0 Å². The molecule has 132 valence electrons. The lowest BCUT2D eigenvalue weighted by atomic mass is 10.2. The summed E-state index contributed by atoms with van der Waals surface area (Å²) in [6, 6.07) is 24.3. The van der Waals surface area contributed by atoms with E-state index >= 15 is 0 Å². The fraction of sp³-hybridized carbons (Fsp3) is 0. The van der Waals surface area contributed by atoms with Gasteiger partial charge in [0.05, 0.1) is 11.3 Å². The first-order valence-electron chi connectivity index (χ1n) is 8.10. The third-order valence-corrected chi connectivity index (χ3v) is 3.59. The minimum Gasteiger partial charge on any atom is -0.457 e. The molecule has 2 amide bonds. The average molecular weight is 357 g/mol. The summed E-state index contributed by atoms with van der Waals surface area (Å²) >= 11 is 0. The smallest absolute Gasteiger partial charge is 0.314 e. The zero-order chi connectivity index (χ0) is 19.1. The summed E-state index contributed by atoms with van der Waals surface area (Å²) < 4.78 is 5.67. The lowest BCUT2D eigenvalue weighted by Crippen LogP contribution is -2.29. The van der Waals surface area contributed by atoms with Gasteiger partial charge in [-0.1, -0.05) is 30.3 Å². The largest absolute Gasteiger partial charge is 0.457 e. The molecule has 0 aliphatic carbocycles. The molecular formula is C21H15N3O3. The van der Waals surface area contributed by atoms with Crippen LogP contribution < -0.4 is 15.4 Å². The molecule has 0 saturated heterocycles. The number of anilines is 2. The first kappa shape index (κ1) is 17.7. The van der Waals surface area contributed by atoms with Gasteiger partial charge in [-0.2, -0.15) is 5.26 Å². The maximum Gasteiger partial charge on any atom is 0.314 e. The van der Waals surface area contributed by atoms with E-state index in [1.54, 1.807) is 48.5 Å². The monoisotopic (exact) mass is 357 g/mol. The van der Waals surface area contributed by atoms with Crippen LogP contribution in [0.3, 0.4) is 0 Å². The van der Waals surface area contributed by atoms with E-state index in [0.717, 1.165) is 0 Å². The summed E-state index contributed by atoms with van der Waals surface area (Å²) in [4.78, 5) is 24.1. The first-order valence-corrected chi connectivity index (χ1v) is 8.10. The maximum atomic E-state index is 12.1. The topological polar surface area (TPSA) is 91.2 Å². The van der Waals surface area contributed by atoms with Gasteiger partial charge in [0.1, 0.15) is 17.6 Å². The van der Waals surface area contributed by atoms with E-state index in [1.807, 2.05) is 36.4 Å². The molecule has 0 aliphatic rings.